The molecule has 6 nitrogen and oxygen atoms in total. The van der Waals surface area contributed by atoms with E-state index in [2.05, 4.69) is 28.5 Å². The minimum Gasteiger partial charge on any atom is -0.481 e. The monoisotopic (exact) mass is 391 g/mol. The number of aliphatic carboxylic acids is 1. The average molecular weight is 391 g/mol. The van der Waals surface area contributed by atoms with Gasteiger partial charge in [0.25, 0.3) is 0 Å². The Hall–Kier alpha value is -2.89. The highest BCUT2D eigenvalue weighted by Crippen LogP contribution is 2.51. The van der Waals surface area contributed by atoms with Gasteiger partial charge in [0.05, 0.1) is 18.5 Å². The molecular formula is C23H25N3O3. The fourth-order valence-corrected chi connectivity index (χ4v) is 5.37. The average Bonchev–Trinajstić information content (AvgIpc) is 3.27. The number of hydrogen-bond donors (Lipinski definition) is 2. The molecule has 1 aliphatic carbocycles. The van der Waals surface area contributed by atoms with Gasteiger partial charge in [0, 0.05) is 25.6 Å². The fraction of sp³-hybridized carbons (Fsp3) is 0.435. The van der Waals surface area contributed by atoms with Gasteiger partial charge in [0.15, 0.2) is 0 Å². The van der Waals surface area contributed by atoms with Gasteiger partial charge in [-0.25, -0.2) is 4.98 Å². The summed E-state index contributed by atoms with van der Waals surface area (Å²) in [5.74, 6) is 0.617. The van der Waals surface area contributed by atoms with Crippen molar-refractivity contribution in [3.8, 4) is 0 Å². The van der Waals surface area contributed by atoms with Gasteiger partial charge in [-0.2, -0.15) is 0 Å². The van der Waals surface area contributed by atoms with E-state index in [1.165, 1.54) is 11.1 Å². The minimum absolute atomic E-state index is 0.0161. The predicted octanol–water partition coefficient (Wildman–Crippen LogP) is 2.80. The zero-order chi connectivity index (χ0) is 20.0. The number of aryl methyl sites for hydroxylation is 1. The van der Waals surface area contributed by atoms with E-state index in [4.69, 9.17) is 0 Å². The van der Waals surface area contributed by atoms with Gasteiger partial charge in [0.2, 0.25) is 5.91 Å². The number of nitrogens with one attached hydrogen (secondary N) is 1. The van der Waals surface area contributed by atoms with Gasteiger partial charge in [-0.1, -0.05) is 30.3 Å². The molecule has 1 saturated heterocycles. The molecule has 0 spiro atoms. The van der Waals surface area contributed by atoms with Crippen molar-refractivity contribution in [1.29, 1.82) is 0 Å². The predicted molar refractivity (Wildman–Crippen MR) is 109 cm³/mol. The largest absolute Gasteiger partial charge is 0.481 e. The van der Waals surface area contributed by atoms with E-state index in [-0.39, 0.29) is 30.1 Å². The van der Waals surface area contributed by atoms with Gasteiger partial charge in [-0.05, 0) is 47.4 Å². The van der Waals surface area contributed by atoms with Crippen LogP contribution in [0.3, 0.4) is 0 Å². The lowest BCUT2D eigenvalue weighted by Gasteiger charge is -2.21. The van der Waals surface area contributed by atoms with Gasteiger partial charge in [-0.3, -0.25) is 9.59 Å². The molecule has 0 bridgehead atoms. The van der Waals surface area contributed by atoms with Crippen LogP contribution >= 0.6 is 0 Å². The Morgan fingerprint density at radius 3 is 2.79 bits per heavy atom. The Morgan fingerprint density at radius 1 is 1.14 bits per heavy atom. The molecule has 1 amide bonds. The van der Waals surface area contributed by atoms with Crippen molar-refractivity contribution in [3.63, 3.8) is 0 Å². The van der Waals surface area contributed by atoms with Crippen molar-refractivity contribution >= 4 is 17.7 Å². The van der Waals surface area contributed by atoms with Crippen LogP contribution in [0.5, 0.6) is 0 Å². The molecule has 5 rings (SSSR count). The number of nitrogens with zero attached hydrogens (tertiary/aromatic N) is 2. The molecule has 29 heavy (non-hydrogen) atoms. The second-order valence-corrected chi connectivity index (χ2v) is 8.42. The number of rotatable bonds is 4. The third kappa shape index (κ3) is 3.26. The van der Waals surface area contributed by atoms with Gasteiger partial charge in [-0.15, -0.1) is 0 Å². The highest BCUT2D eigenvalue weighted by atomic mass is 16.4. The van der Waals surface area contributed by atoms with Crippen LogP contribution in [-0.4, -0.2) is 46.5 Å². The van der Waals surface area contributed by atoms with Crippen molar-refractivity contribution in [2.75, 3.05) is 25.0 Å². The maximum Gasteiger partial charge on any atom is 0.303 e. The first-order valence-corrected chi connectivity index (χ1v) is 10.4. The number of hydrogen-bond acceptors (Lipinski definition) is 4. The van der Waals surface area contributed by atoms with Crippen molar-refractivity contribution < 1.29 is 14.7 Å². The van der Waals surface area contributed by atoms with Crippen LogP contribution in [-0.2, 0) is 22.4 Å². The molecule has 3 unspecified atom stereocenters. The lowest BCUT2D eigenvalue weighted by molar-refractivity contribution is -0.137. The van der Waals surface area contributed by atoms with Crippen molar-refractivity contribution in [2.24, 2.45) is 5.92 Å². The Labute approximate surface area is 169 Å². The molecule has 3 aliphatic rings. The number of likely N-dealkylation sites (tertiary alicyclic amines) is 1. The number of pyridine rings is 1. The summed E-state index contributed by atoms with van der Waals surface area (Å²) in [7, 11) is 0. The Kier molecular flexibility index (Phi) is 4.49. The Balaban J connectivity index is 1.33. The van der Waals surface area contributed by atoms with Crippen LogP contribution in [0.2, 0.25) is 0 Å². The maximum absolute atomic E-state index is 13.0. The van der Waals surface area contributed by atoms with Crippen LogP contribution in [0.25, 0.3) is 0 Å². The van der Waals surface area contributed by atoms with Crippen LogP contribution < -0.4 is 5.32 Å². The SMILES string of the molecule is O=C(O)CC1c2ccccc2C2CN(C(=O)Cc3ccc4c(n3)NCCC4)CC12. The molecule has 2 aromatic rings. The zero-order valence-electron chi connectivity index (χ0n) is 16.3. The number of anilines is 1. The summed E-state index contributed by atoms with van der Waals surface area (Å²) in [6, 6.07) is 12.2. The molecule has 1 aromatic heterocycles. The van der Waals surface area contributed by atoms with Crippen LogP contribution in [0.4, 0.5) is 5.82 Å². The smallest absolute Gasteiger partial charge is 0.303 e. The molecule has 150 valence electrons. The summed E-state index contributed by atoms with van der Waals surface area (Å²) < 4.78 is 0. The third-order valence-electron chi connectivity index (χ3n) is 6.71. The highest BCUT2D eigenvalue weighted by molar-refractivity contribution is 5.79. The van der Waals surface area contributed by atoms with Crippen LogP contribution in [0.15, 0.2) is 36.4 Å². The summed E-state index contributed by atoms with van der Waals surface area (Å²) in [6.07, 6.45) is 2.56. The molecule has 0 radical (unpaired) electrons. The van der Waals surface area contributed by atoms with Crippen molar-refractivity contribution in [3.05, 3.63) is 58.8 Å². The number of carbonyl (C=O) groups is 2. The fourth-order valence-electron chi connectivity index (χ4n) is 5.37. The molecule has 2 aliphatic heterocycles. The number of carboxylic acids is 1. The summed E-state index contributed by atoms with van der Waals surface area (Å²) in [6.45, 7) is 2.22. The number of aromatic nitrogens is 1. The van der Waals surface area contributed by atoms with E-state index in [0.717, 1.165) is 36.5 Å². The normalized spacial score (nSPS) is 24.4. The lowest BCUT2D eigenvalue weighted by atomic mass is 9.87. The van der Waals surface area contributed by atoms with E-state index in [9.17, 15) is 14.7 Å². The van der Waals surface area contributed by atoms with Gasteiger partial charge < -0.3 is 15.3 Å². The van der Waals surface area contributed by atoms with E-state index >= 15 is 0 Å². The number of amides is 1. The zero-order valence-corrected chi connectivity index (χ0v) is 16.3. The van der Waals surface area contributed by atoms with Crippen LogP contribution in [0, 0.1) is 5.92 Å². The molecular weight excluding hydrogens is 366 g/mol. The molecule has 6 heteroatoms. The Morgan fingerprint density at radius 2 is 1.97 bits per heavy atom. The minimum atomic E-state index is -0.777. The summed E-state index contributed by atoms with van der Waals surface area (Å²) in [5, 5.41) is 12.7. The number of benzene rings is 1. The molecule has 2 N–H and O–H groups in total. The highest BCUT2D eigenvalue weighted by Gasteiger charge is 2.47. The molecule has 3 atom stereocenters. The summed E-state index contributed by atoms with van der Waals surface area (Å²) in [5.41, 5.74) is 4.38. The van der Waals surface area contributed by atoms with Crippen molar-refractivity contribution in [2.45, 2.75) is 37.5 Å². The number of carboxylic acid groups (broad SMARTS) is 1. The van der Waals surface area contributed by atoms with Gasteiger partial charge >= 0.3 is 5.97 Å². The van der Waals surface area contributed by atoms with E-state index < -0.39 is 5.97 Å². The second kappa shape index (κ2) is 7.17. The van der Waals surface area contributed by atoms with E-state index in [1.807, 2.05) is 23.1 Å². The third-order valence-corrected chi connectivity index (χ3v) is 6.71. The molecule has 0 saturated carbocycles. The summed E-state index contributed by atoms with van der Waals surface area (Å²) in [4.78, 5) is 31.0. The topological polar surface area (TPSA) is 82.5 Å². The van der Waals surface area contributed by atoms with Crippen molar-refractivity contribution in [1.82, 2.24) is 9.88 Å². The summed E-state index contributed by atoms with van der Waals surface area (Å²) >= 11 is 0. The van der Waals surface area contributed by atoms with E-state index in [0.29, 0.717) is 19.5 Å². The Bertz CT molecular complexity index is 974. The molecule has 1 fully saturated rings. The number of carbonyl (C=O) groups excluding carboxylic acids is 1. The quantitative estimate of drug-likeness (QED) is 0.838. The molecule has 1 aromatic carbocycles. The second-order valence-electron chi connectivity index (χ2n) is 8.42. The molecule has 3 heterocycles. The first kappa shape index (κ1) is 18.2. The van der Waals surface area contributed by atoms with E-state index in [1.54, 1.807) is 0 Å². The standard InChI is InChI=1S/C23H25N3O3/c27-21(10-15-8-7-14-4-3-9-24-23(14)25-15)26-12-19-17-6-2-1-5-16(17)18(11-22(28)29)20(19)13-26/h1-2,5-8,18-20H,3-4,9-13H2,(H,24,25)(H,28,29). The first-order valence-electron chi connectivity index (χ1n) is 10.4. The first-order chi connectivity index (χ1) is 14.1. The van der Waals surface area contributed by atoms with Crippen LogP contribution in [0.1, 0.15) is 47.1 Å². The maximum atomic E-state index is 13.0. The van der Waals surface area contributed by atoms with Gasteiger partial charge in [0.1, 0.15) is 5.82 Å². The number of fused-ring (bicyclic) bond motifs is 4. The lowest BCUT2D eigenvalue weighted by Crippen LogP contribution is -2.32.